The lowest BCUT2D eigenvalue weighted by Crippen LogP contribution is -2.12. The van der Waals surface area contributed by atoms with E-state index in [4.69, 9.17) is 11.6 Å². The van der Waals surface area contributed by atoms with Gasteiger partial charge in [0, 0.05) is 25.1 Å². The van der Waals surface area contributed by atoms with Gasteiger partial charge >= 0.3 is 0 Å². The maximum absolute atomic E-state index is 12.3. The molecule has 0 aliphatic carbocycles. The molecular weight excluding hydrogens is 314 g/mol. The zero-order valence-corrected chi connectivity index (χ0v) is 13.6. The zero-order chi connectivity index (χ0) is 16.4. The number of amides is 1. The molecular formula is C16H16ClN5O. The summed E-state index contributed by atoms with van der Waals surface area (Å²) >= 11 is 5.86. The van der Waals surface area contributed by atoms with Gasteiger partial charge in [0.15, 0.2) is 0 Å². The van der Waals surface area contributed by atoms with Crippen molar-refractivity contribution in [2.45, 2.75) is 13.5 Å². The molecule has 0 fully saturated rings. The summed E-state index contributed by atoms with van der Waals surface area (Å²) in [6, 6.07) is 7.63. The first kappa shape index (κ1) is 15.3. The van der Waals surface area contributed by atoms with Crippen LogP contribution in [-0.4, -0.2) is 25.5 Å². The van der Waals surface area contributed by atoms with Gasteiger partial charge < -0.3 is 5.32 Å². The Bertz CT molecular complexity index is 852. The van der Waals surface area contributed by atoms with E-state index >= 15 is 0 Å². The fraction of sp³-hybridized carbons (Fsp3) is 0.188. The lowest BCUT2D eigenvalue weighted by Gasteiger charge is -2.07. The van der Waals surface area contributed by atoms with E-state index in [-0.39, 0.29) is 5.91 Å². The molecule has 23 heavy (non-hydrogen) atoms. The summed E-state index contributed by atoms with van der Waals surface area (Å²) in [5.74, 6) is -0.171. The number of aromatic nitrogens is 4. The molecule has 6 nitrogen and oxygen atoms in total. The van der Waals surface area contributed by atoms with Crippen LogP contribution < -0.4 is 5.32 Å². The largest absolute Gasteiger partial charge is 0.322 e. The molecule has 0 unspecified atom stereocenters. The minimum Gasteiger partial charge on any atom is -0.322 e. The van der Waals surface area contributed by atoms with E-state index in [2.05, 4.69) is 15.5 Å². The minimum absolute atomic E-state index is 0.171. The molecule has 1 aromatic carbocycles. The molecule has 0 bridgehead atoms. The Labute approximate surface area is 138 Å². The molecule has 118 valence electrons. The molecule has 0 spiro atoms. The number of hydrogen-bond donors (Lipinski definition) is 1. The summed E-state index contributed by atoms with van der Waals surface area (Å²) in [7, 11) is 1.79. The van der Waals surface area contributed by atoms with E-state index in [0.717, 1.165) is 11.3 Å². The molecule has 3 aromatic rings. The third-order valence-corrected chi connectivity index (χ3v) is 3.58. The normalized spacial score (nSPS) is 10.7. The number of carbonyl (C=O) groups excluding carboxylic acids is 1. The van der Waals surface area contributed by atoms with Crippen molar-refractivity contribution >= 4 is 23.2 Å². The van der Waals surface area contributed by atoms with E-state index < -0.39 is 0 Å². The highest BCUT2D eigenvalue weighted by Gasteiger charge is 2.12. The lowest BCUT2D eigenvalue weighted by atomic mass is 10.2. The van der Waals surface area contributed by atoms with Gasteiger partial charge in [-0.2, -0.15) is 10.2 Å². The van der Waals surface area contributed by atoms with E-state index in [9.17, 15) is 4.79 Å². The standard InChI is InChI=1S/C16H16ClN5O/c1-11-15(10-21(2)20-11)16(23)19-14-5-3-4-12(6-14)8-22-9-13(17)7-18-22/h3-7,9-10H,8H2,1-2H3,(H,19,23). The number of halogens is 1. The first-order valence-corrected chi connectivity index (χ1v) is 7.47. The second kappa shape index (κ2) is 6.26. The Morgan fingerprint density at radius 1 is 1.35 bits per heavy atom. The van der Waals surface area contributed by atoms with Crippen LogP contribution in [0.15, 0.2) is 42.9 Å². The molecule has 0 aliphatic rings. The summed E-state index contributed by atoms with van der Waals surface area (Å²) < 4.78 is 3.37. The smallest absolute Gasteiger partial charge is 0.259 e. The Kier molecular flexibility index (Phi) is 4.16. The third-order valence-electron chi connectivity index (χ3n) is 3.39. The van der Waals surface area contributed by atoms with Crippen LogP contribution in [0, 0.1) is 6.92 Å². The molecule has 2 heterocycles. The molecule has 0 radical (unpaired) electrons. The van der Waals surface area contributed by atoms with Crippen molar-refractivity contribution in [3.63, 3.8) is 0 Å². The number of anilines is 1. The fourth-order valence-electron chi connectivity index (χ4n) is 2.38. The monoisotopic (exact) mass is 329 g/mol. The van der Waals surface area contributed by atoms with Crippen LogP contribution in [0.1, 0.15) is 21.6 Å². The van der Waals surface area contributed by atoms with Gasteiger partial charge in [0.1, 0.15) is 0 Å². The number of benzene rings is 1. The van der Waals surface area contributed by atoms with Gasteiger partial charge in [0.25, 0.3) is 5.91 Å². The second-order valence-corrected chi connectivity index (χ2v) is 5.75. The van der Waals surface area contributed by atoms with Crippen LogP contribution in [-0.2, 0) is 13.6 Å². The lowest BCUT2D eigenvalue weighted by molar-refractivity contribution is 0.102. The molecule has 1 N–H and O–H groups in total. The van der Waals surface area contributed by atoms with Gasteiger partial charge in [-0.25, -0.2) is 0 Å². The highest BCUT2D eigenvalue weighted by Crippen LogP contribution is 2.15. The van der Waals surface area contributed by atoms with Crippen molar-refractivity contribution in [2.24, 2.45) is 7.05 Å². The van der Waals surface area contributed by atoms with Crippen LogP contribution in [0.4, 0.5) is 5.69 Å². The van der Waals surface area contributed by atoms with Gasteiger partial charge in [-0.05, 0) is 24.6 Å². The minimum atomic E-state index is -0.171. The van der Waals surface area contributed by atoms with Gasteiger partial charge in [0.05, 0.1) is 29.0 Å². The van der Waals surface area contributed by atoms with Crippen molar-refractivity contribution in [1.82, 2.24) is 19.6 Å². The number of carbonyl (C=O) groups is 1. The van der Waals surface area contributed by atoms with Gasteiger partial charge in [0.2, 0.25) is 0 Å². The van der Waals surface area contributed by atoms with Gasteiger partial charge in [-0.15, -0.1) is 0 Å². The zero-order valence-electron chi connectivity index (χ0n) is 12.8. The summed E-state index contributed by atoms with van der Waals surface area (Å²) in [4.78, 5) is 12.3. The summed E-state index contributed by atoms with van der Waals surface area (Å²) in [5, 5.41) is 11.8. The number of nitrogens with one attached hydrogen (secondary N) is 1. The topological polar surface area (TPSA) is 64.7 Å². The first-order chi connectivity index (χ1) is 11.0. The summed E-state index contributed by atoms with van der Waals surface area (Å²) in [6.07, 6.45) is 5.06. The van der Waals surface area contributed by atoms with E-state index in [0.29, 0.717) is 22.8 Å². The maximum atomic E-state index is 12.3. The van der Waals surface area contributed by atoms with Crippen LogP contribution in [0.25, 0.3) is 0 Å². The van der Waals surface area contributed by atoms with Crippen molar-refractivity contribution in [2.75, 3.05) is 5.32 Å². The van der Waals surface area contributed by atoms with Gasteiger partial charge in [-0.1, -0.05) is 23.7 Å². The Hall–Kier alpha value is -2.60. The van der Waals surface area contributed by atoms with E-state index in [1.165, 1.54) is 0 Å². The van der Waals surface area contributed by atoms with Crippen molar-refractivity contribution < 1.29 is 4.79 Å². The fourth-order valence-corrected chi connectivity index (χ4v) is 2.54. The highest BCUT2D eigenvalue weighted by atomic mass is 35.5. The average molecular weight is 330 g/mol. The van der Waals surface area contributed by atoms with E-state index in [1.807, 2.05) is 31.2 Å². The Balaban J connectivity index is 1.74. The van der Waals surface area contributed by atoms with Crippen LogP contribution >= 0.6 is 11.6 Å². The third kappa shape index (κ3) is 3.60. The van der Waals surface area contributed by atoms with Crippen LogP contribution in [0.3, 0.4) is 0 Å². The molecule has 0 aliphatic heterocycles. The molecule has 0 saturated heterocycles. The first-order valence-electron chi connectivity index (χ1n) is 7.10. The number of rotatable bonds is 4. The molecule has 0 atom stereocenters. The van der Waals surface area contributed by atoms with E-state index in [1.54, 1.807) is 35.0 Å². The maximum Gasteiger partial charge on any atom is 0.259 e. The predicted molar refractivity (Wildman–Crippen MR) is 88.7 cm³/mol. The number of aryl methyl sites for hydroxylation is 2. The number of hydrogen-bond acceptors (Lipinski definition) is 3. The molecule has 7 heteroatoms. The SMILES string of the molecule is Cc1nn(C)cc1C(=O)Nc1cccc(Cn2cc(Cl)cn2)c1. The summed E-state index contributed by atoms with van der Waals surface area (Å²) in [6.45, 7) is 2.40. The van der Waals surface area contributed by atoms with Crippen molar-refractivity contribution in [3.05, 3.63) is 64.7 Å². The quantitative estimate of drug-likeness (QED) is 0.800. The average Bonchev–Trinajstić information content (AvgIpc) is 3.04. The summed E-state index contributed by atoms with van der Waals surface area (Å²) in [5.41, 5.74) is 3.02. The van der Waals surface area contributed by atoms with Crippen LogP contribution in [0.2, 0.25) is 5.02 Å². The highest BCUT2D eigenvalue weighted by molar-refractivity contribution is 6.30. The van der Waals surface area contributed by atoms with Gasteiger partial charge in [-0.3, -0.25) is 14.2 Å². The molecule has 0 saturated carbocycles. The van der Waals surface area contributed by atoms with Crippen molar-refractivity contribution in [1.29, 1.82) is 0 Å². The second-order valence-electron chi connectivity index (χ2n) is 5.31. The molecule has 1 amide bonds. The number of nitrogens with zero attached hydrogens (tertiary/aromatic N) is 4. The Morgan fingerprint density at radius 2 is 2.17 bits per heavy atom. The van der Waals surface area contributed by atoms with Crippen molar-refractivity contribution in [3.8, 4) is 0 Å². The van der Waals surface area contributed by atoms with Crippen LogP contribution in [0.5, 0.6) is 0 Å². The molecule has 2 aromatic heterocycles. The molecule has 3 rings (SSSR count). The predicted octanol–water partition coefficient (Wildman–Crippen LogP) is 2.88. The Morgan fingerprint density at radius 3 is 2.83 bits per heavy atom.